The minimum absolute atomic E-state index is 0.0212. The van der Waals surface area contributed by atoms with Gasteiger partial charge in [0.05, 0.1) is 39.6 Å². The molecule has 0 fully saturated rings. The molecule has 2 aromatic carbocycles. The molecule has 3 aliphatic heterocycles. The lowest BCUT2D eigenvalue weighted by atomic mass is 9.85. The fraction of sp³-hybridized carbons (Fsp3) is 0.214. The number of hydrogen-bond donors (Lipinski definition) is 4. The first-order valence-electron chi connectivity index (χ1n) is 12.2. The highest BCUT2D eigenvalue weighted by molar-refractivity contribution is 6.04. The van der Waals surface area contributed by atoms with E-state index in [0.717, 1.165) is 12.1 Å². The summed E-state index contributed by atoms with van der Waals surface area (Å²) in [6, 6.07) is 3.25. The molecule has 3 aliphatic rings. The Morgan fingerprint density at radius 2 is 1.76 bits per heavy atom. The maximum Gasteiger partial charge on any atom is 0.340 e. The van der Waals surface area contributed by atoms with Crippen LogP contribution in [0.2, 0.25) is 0 Å². The average Bonchev–Trinajstić information content (AvgIpc) is 2.87. The number of aryl methyl sites for hydroxylation is 1. The van der Waals surface area contributed by atoms with E-state index >= 15 is 0 Å². The Balaban J connectivity index is 1.61. The van der Waals surface area contributed by atoms with Crippen LogP contribution < -0.4 is 20.3 Å². The van der Waals surface area contributed by atoms with E-state index in [1.165, 1.54) is 19.9 Å². The molecule has 0 saturated carbocycles. The van der Waals surface area contributed by atoms with Crippen molar-refractivity contribution in [2.24, 2.45) is 0 Å². The van der Waals surface area contributed by atoms with Crippen molar-refractivity contribution >= 4 is 22.9 Å². The maximum atomic E-state index is 14.0. The average molecular weight is 562 g/mol. The second-order valence-corrected chi connectivity index (χ2v) is 10.1. The first kappa shape index (κ1) is 24.7. The van der Waals surface area contributed by atoms with E-state index in [1.54, 1.807) is 0 Å². The summed E-state index contributed by atoms with van der Waals surface area (Å²) in [5.41, 5.74) is -3.01. The van der Waals surface area contributed by atoms with Gasteiger partial charge in [0.1, 0.15) is 52.6 Å². The lowest BCUT2D eigenvalue weighted by molar-refractivity contribution is -0.220. The fourth-order valence-corrected chi connectivity index (χ4v) is 5.80. The van der Waals surface area contributed by atoms with Crippen molar-refractivity contribution < 1.29 is 53.1 Å². The predicted octanol–water partition coefficient (Wildman–Crippen LogP) is 3.19. The van der Waals surface area contributed by atoms with Crippen molar-refractivity contribution in [3.8, 4) is 34.3 Å². The van der Waals surface area contributed by atoms with Gasteiger partial charge in [-0.2, -0.15) is 0 Å². The molecule has 5 heterocycles. The molecule has 4 aromatic rings. The van der Waals surface area contributed by atoms with E-state index in [0.29, 0.717) is 0 Å². The number of rotatable bonds is 2. The molecule has 2 bridgehead atoms. The molecule has 0 aliphatic carbocycles. The number of aromatic hydroxyl groups is 2. The van der Waals surface area contributed by atoms with Gasteiger partial charge in [0.15, 0.2) is 22.4 Å². The van der Waals surface area contributed by atoms with Gasteiger partial charge in [-0.05, 0) is 13.0 Å². The van der Waals surface area contributed by atoms with Crippen LogP contribution in [0.4, 0.5) is 0 Å². The van der Waals surface area contributed by atoms with E-state index in [9.17, 15) is 39.6 Å². The Bertz CT molecular complexity index is 2030. The van der Waals surface area contributed by atoms with Crippen molar-refractivity contribution in [2.45, 2.75) is 38.8 Å². The van der Waals surface area contributed by atoms with Gasteiger partial charge in [-0.1, -0.05) is 0 Å². The second kappa shape index (κ2) is 7.88. The zero-order valence-corrected chi connectivity index (χ0v) is 21.2. The van der Waals surface area contributed by atoms with Crippen LogP contribution in [0.25, 0.3) is 22.3 Å². The first-order chi connectivity index (χ1) is 19.4. The summed E-state index contributed by atoms with van der Waals surface area (Å²) in [5, 5.41) is 40.9. The number of fused-ring (bicyclic) bond motifs is 11. The number of hydrogen-bond acceptors (Lipinski definition) is 11. The van der Waals surface area contributed by atoms with E-state index < -0.39 is 57.3 Å². The van der Waals surface area contributed by atoms with Gasteiger partial charge in [0.25, 0.3) is 0 Å². The van der Waals surface area contributed by atoms with E-state index in [1.807, 2.05) is 0 Å². The Morgan fingerprint density at radius 3 is 2.46 bits per heavy atom. The largest absolute Gasteiger partial charge is 0.508 e. The molecule has 13 heteroatoms. The van der Waals surface area contributed by atoms with Gasteiger partial charge in [0.2, 0.25) is 5.79 Å². The normalized spacial score (nSPS) is 19.7. The van der Waals surface area contributed by atoms with Gasteiger partial charge >= 0.3 is 11.9 Å². The highest BCUT2D eigenvalue weighted by Crippen LogP contribution is 2.59. The molecule has 4 N–H and O–H groups in total. The number of phenols is 2. The molecule has 0 radical (unpaired) electrons. The Morgan fingerprint density at radius 1 is 1.00 bits per heavy atom. The van der Waals surface area contributed by atoms with Gasteiger partial charge in [0, 0.05) is 19.1 Å². The highest BCUT2D eigenvalue weighted by atomic mass is 16.7. The van der Waals surface area contributed by atoms with Crippen molar-refractivity contribution in [3.63, 3.8) is 0 Å². The van der Waals surface area contributed by atoms with E-state index in [2.05, 4.69) is 0 Å². The van der Waals surface area contributed by atoms with Crippen molar-refractivity contribution in [1.82, 2.24) is 0 Å². The van der Waals surface area contributed by atoms with E-state index in [-0.39, 0.29) is 75.0 Å². The number of carboxylic acids is 2. The Hall–Kier alpha value is -5.30. The van der Waals surface area contributed by atoms with Gasteiger partial charge in [-0.3, -0.25) is 9.59 Å². The topological polar surface area (TPSA) is 203 Å². The summed E-state index contributed by atoms with van der Waals surface area (Å²) in [6.45, 7) is 2.66. The second-order valence-electron chi connectivity index (χ2n) is 10.1. The smallest absolute Gasteiger partial charge is 0.340 e. The van der Waals surface area contributed by atoms with Gasteiger partial charge < -0.3 is 43.5 Å². The quantitative estimate of drug-likeness (QED) is 0.277. The van der Waals surface area contributed by atoms with Gasteiger partial charge in [-0.25, -0.2) is 9.59 Å². The van der Waals surface area contributed by atoms with Crippen LogP contribution in [0, 0.1) is 6.92 Å². The molecule has 2 aromatic heterocycles. The lowest BCUT2D eigenvalue weighted by Gasteiger charge is -2.44. The molecule has 2 unspecified atom stereocenters. The van der Waals surface area contributed by atoms with Crippen LogP contribution in [-0.2, 0) is 17.8 Å². The van der Waals surface area contributed by atoms with Gasteiger partial charge in [-0.15, -0.1) is 0 Å². The first-order valence-corrected chi connectivity index (χ1v) is 12.2. The Kier molecular flexibility index (Phi) is 4.75. The number of carboxylic acid groups (broad SMARTS) is 2. The van der Waals surface area contributed by atoms with Crippen molar-refractivity contribution in [2.75, 3.05) is 0 Å². The number of benzene rings is 2. The summed E-state index contributed by atoms with van der Waals surface area (Å²) in [5.74, 6) is -6.25. The number of carbonyl (C=O) groups is 2. The maximum absolute atomic E-state index is 14.0. The summed E-state index contributed by atoms with van der Waals surface area (Å²) < 4.78 is 29.8. The molecular formula is C28H18O13. The highest BCUT2D eigenvalue weighted by Gasteiger charge is 2.52. The molecule has 41 heavy (non-hydrogen) atoms. The lowest BCUT2D eigenvalue weighted by Crippen LogP contribution is -2.48. The van der Waals surface area contributed by atoms with Crippen LogP contribution in [-0.4, -0.2) is 38.2 Å². The van der Waals surface area contributed by atoms with Crippen LogP contribution >= 0.6 is 0 Å². The standard InChI is InChI=1S/C28H18O13/c1-8-3-12(30)11-7-37-23-18(22(11)38-8)17(27(35)36)21(32)25-19(23)24-16-14(6-28(2,40-24)41-25)39-13-5-9(29)4-10(26(33)34)15(13)20(16)31/h3-5,24,29,32H,6-7H2,1-2H3,(H,33,34)(H,35,36). The summed E-state index contributed by atoms with van der Waals surface area (Å²) in [6.07, 6.45) is -1.58. The third kappa shape index (κ3) is 3.26. The van der Waals surface area contributed by atoms with Crippen molar-refractivity contribution in [3.05, 3.63) is 78.0 Å². The molecular weight excluding hydrogens is 544 g/mol. The van der Waals surface area contributed by atoms with Crippen LogP contribution in [0.1, 0.15) is 62.0 Å². The zero-order chi connectivity index (χ0) is 29.1. The fourth-order valence-electron chi connectivity index (χ4n) is 5.80. The minimum Gasteiger partial charge on any atom is -0.508 e. The predicted molar refractivity (Wildman–Crippen MR) is 135 cm³/mol. The number of ether oxygens (including phenoxy) is 3. The zero-order valence-electron chi connectivity index (χ0n) is 21.2. The minimum atomic E-state index is -1.57. The molecule has 13 nitrogen and oxygen atoms in total. The third-order valence-electron chi connectivity index (χ3n) is 7.40. The summed E-state index contributed by atoms with van der Waals surface area (Å²) in [7, 11) is 0. The van der Waals surface area contributed by atoms with Crippen LogP contribution in [0.3, 0.4) is 0 Å². The SMILES string of the molecule is Cc1cc(=O)c2c(o1)-c1c(c3c(c(O)c1C(=O)O)OC1(C)Cc4oc5cc(O)cc(C(=O)O)c5c(=O)c4C3O1)OC2. The molecule has 7 rings (SSSR count). The number of aromatic carboxylic acids is 2. The van der Waals surface area contributed by atoms with Crippen molar-refractivity contribution in [1.29, 1.82) is 0 Å². The third-order valence-corrected chi connectivity index (χ3v) is 7.40. The monoisotopic (exact) mass is 562 g/mol. The summed E-state index contributed by atoms with van der Waals surface area (Å²) >= 11 is 0. The molecule has 0 spiro atoms. The molecule has 0 saturated heterocycles. The van der Waals surface area contributed by atoms with Crippen LogP contribution in [0.15, 0.2) is 36.6 Å². The molecule has 208 valence electrons. The van der Waals surface area contributed by atoms with Crippen LogP contribution in [0.5, 0.6) is 23.0 Å². The molecule has 0 amide bonds. The Labute approximate surface area is 227 Å². The summed E-state index contributed by atoms with van der Waals surface area (Å²) in [4.78, 5) is 51.1. The number of phenolic OH excluding ortho intramolecular Hbond substituents is 1. The van der Waals surface area contributed by atoms with E-state index in [4.69, 9.17) is 23.0 Å². The molecule has 2 atom stereocenters.